The lowest BCUT2D eigenvalue weighted by Crippen LogP contribution is -2.65. The smallest absolute Gasteiger partial charge is 0.112 e. The Morgan fingerprint density at radius 3 is 2.04 bits per heavy atom. The highest BCUT2D eigenvalue weighted by Gasteiger charge is 2.64. The average molecular weight is 351 g/mol. The van der Waals surface area contributed by atoms with E-state index in [0.717, 1.165) is 12.8 Å². The number of hydrogen-bond donors (Lipinski definition) is 0. The van der Waals surface area contributed by atoms with Gasteiger partial charge in [0.05, 0.1) is 0 Å². The van der Waals surface area contributed by atoms with E-state index < -0.39 is 0 Å². The molecule has 2 bridgehead atoms. The van der Waals surface area contributed by atoms with Crippen molar-refractivity contribution in [3.8, 4) is 0 Å². The third kappa shape index (κ3) is 1.58. The van der Waals surface area contributed by atoms with Crippen molar-refractivity contribution in [3.05, 3.63) is 48.6 Å². The highest BCUT2D eigenvalue weighted by molar-refractivity contribution is 5.74. The number of anilines is 2. The number of hydrogen-bond acceptors (Lipinski definition) is 4. The lowest BCUT2D eigenvalue weighted by molar-refractivity contribution is -0.0636. The number of nitrogens with zero attached hydrogens (tertiary/aromatic N) is 4. The minimum Gasteiger partial charge on any atom is -0.358 e. The Hall–Kier alpha value is -2.10. The van der Waals surface area contributed by atoms with Gasteiger partial charge in [-0.15, -0.1) is 0 Å². The van der Waals surface area contributed by atoms with E-state index >= 15 is 0 Å². The van der Waals surface area contributed by atoms with E-state index in [9.17, 15) is 0 Å². The molecule has 0 saturated heterocycles. The van der Waals surface area contributed by atoms with Crippen molar-refractivity contribution in [2.24, 2.45) is 10.8 Å². The molecule has 138 valence electrons. The summed E-state index contributed by atoms with van der Waals surface area (Å²) in [5.74, 6) is 0. The fourth-order valence-electron chi connectivity index (χ4n) is 6.54. The summed E-state index contributed by atoms with van der Waals surface area (Å²) in [5.41, 5.74) is 4.64. The summed E-state index contributed by atoms with van der Waals surface area (Å²) in [4.78, 5) is 9.98. The third-order valence-corrected chi connectivity index (χ3v) is 7.97. The van der Waals surface area contributed by atoms with Crippen LogP contribution in [0.3, 0.4) is 0 Å². The van der Waals surface area contributed by atoms with Crippen LogP contribution in [0.25, 0.3) is 0 Å². The molecule has 0 N–H and O–H groups in total. The van der Waals surface area contributed by atoms with Gasteiger partial charge in [0.15, 0.2) is 0 Å². The summed E-state index contributed by atoms with van der Waals surface area (Å²) < 4.78 is 0. The van der Waals surface area contributed by atoms with Gasteiger partial charge in [-0.3, -0.25) is 0 Å². The molecule has 4 nitrogen and oxygen atoms in total. The molecular weight excluding hydrogens is 320 g/mol. The molecule has 4 heteroatoms. The van der Waals surface area contributed by atoms with Crippen LogP contribution in [-0.4, -0.2) is 36.2 Å². The van der Waals surface area contributed by atoms with Crippen molar-refractivity contribution in [1.29, 1.82) is 0 Å². The van der Waals surface area contributed by atoms with Gasteiger partial charge in [-0.2, -0.15) is 0 Å². The highest BCUT2D eigenvalue weighted by Crippen LogP contribution is 2.63. The van der Waals surface area contributed by atoms with Gasteiger partial charge in [0.1, 0.15) is 12.3 Å². The van der Waals surface area contributed by atoms with Gasteiger partial charge >= 0.3 is 0 Å². The van der Waals surface area contributed by atoms with Crippen LogP contribution in [0.1, 0.15) is 39.2 Å². The summed E-state index contributed by atoms with van der Waals surface area (Å²) in [5, 5.41) is 0. The van der Waals surface area contributed by atoms with Crippen molar-refractivity contribution < 1.29 is 0 Å². The summed E-state index contributed by atoms with van der Waals surface area (Å²) in [6, 6.07) is 6.86. The Morgan fingerprint density at radius 2 is 1.46 bits per heavy atom. The largest absolute Gasteiger partial charge is 0.358 e. The zero-order valence-electron chi connectivity index (χ0n) is 16.6. The molecule has 4 unspecified atom stereocenters. The Morgan fingerprint density at radius 1 is 0.885 bits per heavy atom. The van der Waals surface area contributed by atoms with Crippen LogP contribution in [0.2, 0.25) is 0 Å². The number of benzene rings is 1. The van der Waals surface area contributed by atoms with Crippen molar-refractivity contribution in [3.63, 3.8) is 0 Å². The fourth-order valence-corrected chi connectivity index (χ4v) is 6.54. The molecule has 0 spiro atoms. The second-order valence-corrected chi connectivity index (χ2v) is 8.72. The molecule has 4 atom stereocenters. The zero-order chi connectivity index (χ0) is 18.3. The second kappa shape index (κ2) is 4.99. The van der Waals surface area contributed by atoms with Gasteiger partial charge in [0, 0.05) is 66.7 Å². The standard InChI is InChI=1S/C22H30N4/c1-6-21(3)19-23(4)11-13-25(19)17-9-8-10-18-16(17)15-22(21,7-2)20-24(5)12-14-26(18)20/h8-14,19-20H,6-7,15H2,1-5H3. The Balaban J connectivity index is 1.86. The molecule has 0 saturated carbocycles. The number of rotatable bonds is 2. The summed E-state index contributed by atoms with van der Waals surface area (Å²) in [6.07, 6.45) is 13.4. The molecule has 0 aliphatic carbocycles. The van der Waals surface area contributed by atoms with E-state index in [1.807, 2.05) is 0 Å². The van der Waals surface area contributed by atoms with Gasteiger partial charge in [-0.05, 0) is 31.4 Å². The summed E-state index contributed by atoms with van der Waals surface area (Å²) in [7, 11) is 4.50. The van der Waals surface area contributed by atoms with E-state index in [1.165, 1.54) is 23.4 Å². The molecule has 1 aromatic rings. The lowest BCUT2D eigenvalue weighted by atomic mass is 9.54. The Kier molecular flexibility index (Phi) is 3.09. The van der Waals surface area contributed by atoms with E-state index in [4.69, 9.17) is 0 Å². The Labute approximate surface area is 157 Å². The first-order valence-electron chi connectivity index (χ1n) is 9.97. The zero-order valence-corrected chi connectivity index (χ0v) is 16.6. The van der Waals surface area contributed by atoms with Gasteiger partial charge in [0.25, 0.3) is 0 Å². The van der Waals surface area contributed by atoms with Gasteiger partial charge < -0.3 is 19.6 Å². The quantitative estimate of drug-likeness (QED) is 0.794. The van der Waals surface area contributed by atoms with Crippen LogP contribution >= 0.6 is 0 Å². The van der Waals surface area contributed by atoms with E-state index in [-0.39, 0.29) is 10.8 Å². The fraction of sp³-hybridized carbons (Fsp3) is 0.545. The van der Waals surface area contributed by atoms with Crippen LogP contribution in [0.5, 0.6) is 0 Å². The maximum atomic E-state index is 2.55. The van der Waals surface area contributed by atoms with Crippen LogP contribution in [0.15, 0.2) is 43.0 Å². The van der Waals surface area contributed by atoms with Crippen molar-refractivity contribution in [1.82, 2.24) is 9.80 Å². The third-order valence-electron chi connectivity index (χ3n) is 7.97. The molecule has 0 radical (unpaired) electrons. The normalized spacial score (nSPS) is 36.5. The molecule has 0 amide bonds. The molecule has 26 heavy (non-hydrogen) atoms. The van der Waals surface area contributed by atoms with Crippen molar-refractivity contribution >= 4 is 11.4 Å². The summed E-state index contributed by atoms with van der Waals surface area (Å²) >= 11 is 0. The molecule has 4 heterocycles. The second-order valence-electron chi connectivity index (χ2n) is 8.72. The first-order valence-corrected chi connectivity index (χ1v) is 9.97. The van der Waals surface area contributed by atoms with E-state index in [2.05, 4.69) is 97.5 Å². The lowest BCUT2D eigenvalue weighted by Gasteiger charge is -2.60. The predicted octanol–water partition coefficient (Wildman–Crippen LogP) is 4.17. The Bertz CT molecular complexity index is 812. The van der Waals surface area contributed by atoms with Gasteiger partial charge in [0.2, 0.25) is 0 Å². The maximum absolute atomic E-state index is 2.55. The summed E-state index contributed by atoms with van der Waals surface area (Å²) in [6.45, 7) is 7.34. The topological polar surface area (TPSA) is 13.0 Å². The van der Waals surface area contributed by atoms with Crippen LogP contribution in [0, 0.1) is 10.8 Å². The monoisotopic (exact) mass is 350 g/mol. The average Bonchev–Trinajstić information content (AvgIpc) is 3.21. The van der Waals surface area contributed by atoms with Crippen molar-refractivity contribution in [2.75, 3.05) is 23.9 Å². The van der Waals surface area contributed by atoms with Crippen LogP contribution in [0.4, 0.5) is 11.4 Å². The maximum Gasteiger partial charge on any atom is 0.112 e. The SMILES string of the molecule is CCC1(C)C2N(C)C=CN2c2cccc3c2CC1(CC)C1N(C)C=CN31. The molecule has 1 aromatic carbocycles. The van der Waals surface area contributed by atoms with Crippen LogP contribution in [-0.2, 0) is 6.42 Å². The van der Waals surface area contributed by atoms with Gasteiger partial charge in [-0.25, -0.2) is 0 Å². The molecular formula is C22H30N4. The predicted molar refractivity (Wildman–Crippen MR) is 108 cm³/mol. The molecule has 0 aromatic heterocycles. The minimum atomic E-state index is 0.153. The minimum absolute atomic E-state index is 0.153. The first-order chi connectivity index (χ1) is 12.5. The molecule has 4 aliphatic rings. The number of fused-ring (bicyclic) bond motifs is 6. The molecule has 0 fully saturated rings. The molecule has 4 aliphatic heterocycles. The van der Waals surface area contributed by atoms with E-state index in [0.29, 0.717) is 12.3 Å². The van der Waals surface area contributed by atoms with Gasteiger partial charge in [-0.1, -0.05) is 26.8 Å². The van der Waals surface area contributed by atoms with Crippen LogP contribution < -0.4 is 9.80 Å². The van der Waals surface area contributed by atoms with Crippen molar-refractivity contribution in [2.45, 2.75) is 52.4 Å². The highest BCUT2D eigenvalue weighted by atomic mass is 15.4. The van der Waals surface area contributed by atoms with E-state index in [1.54, 1.807) is 0 Å². The molecule has 5 rings (SSSR count). The first kappa shape index (κ1) is 16.1.